The maximum absolute atomic E-state index is 16.1. The number of carbonyl (C=O) groups excluding carboxylic acids is 1. The number of anilines is 2. The Morgan fingerprint density at radius 2 is 1.88 bits per heavy atom. The number of pyridine rings is 1. The molecule has 1 aliphatic carbocycles. The molecule has 7 atom stereocenters. The van der Waals surface area contributed by atoms with Gasteiger partial charge in [0.2, 0.25) is 5.75 Å². The van der Waals surface area contributed by atoms with Crippen molar-refractivity contribution in [2.45, 2.75) is 87.2 Å². The maximum atomic E-state index is 16.1. The van der Waals surface area contributed by atoms with Gasteiger partial charge in [0.1, 0.15) is 17.4 Å². The van der Waals surface area contributed by atoms with Gasteiger partial charge in [0.05, 0.1) is 31.8 Å². The van der Waals surface area contributed by atoms with E-state index in [2.05, 4.69) is 15.6 Å². The van der Waals surface area contributed by atoms with Crippen molar-refractivity contribution in [1.82, 2.24) is 15.3 Å². The molecular formula is C52H58N4O9. The highest BCUT2D eigenvalue weighted by Gasteiger charge is 2.58. The number of aliphatic hydroxyl groups excluding tert-OH is 2. The van der Waals surface area contributed by atoms with Crippen LogP contribution in [0.25, 0.3) is 10.8 Å². The summed E-state index contributed by atoms with van der Waals surface area (Å²) in [6, 6.07) is 23.6. The number of hydrogen-bond acceptors (Lipinski definition) is 12. The van der Waals surface area contributed by atoms with Crippen LogP contribution in [0.4, 0.5) is 11.5 Å². The highest BCUT2D eigenvalue weighted by atomic mass is 16.5. The number of nitrogens with one attached hydrogen (secondary N) is 3. The molecule has 0 saturated heterocycles. The van der Waals surface area contributed by atoms with Gasteiger partial charge in [-0.25, -0.2) is 4.98 Å². The third kappa shape index (κ3) is 8.32. The Bertz CT molecular complexity index is 2690. The van der Waals surface area contributed by atoms with Crippen LogP contribution in [0, 0.1) is 11.8 Å². The standard InChI is InChI=1S/C52H58N4O9/c1-53-28-33-21-31(32-24-45(62)50(63)46(25-32)64-2)23-44(61)49(42(59)13-8-29-9-14-43(60)51-38(29)6-4-20-65-51)52(17-15-41(58)39(52)27-35-5-3-18-54-35)34-16-19-55-47(26-34)56-40-12-7-30-22-36(57)10-11-37(30)48(33)40/h3,5,7,9-12,14,16,18-19,22,24-26,31,33,39,41-42,49,53-54,57-60,62-63H,4,6,8,13,15,17,20-21,23,27-28H2,1-2H3,(H,55,56)/t31-,33+,39+,41-,42-,49-,52+/m1/s1. The molecule has 0 amide bonds. The van der Waals surface area contributed by atoms with Crippen LogP contribution in [-0.2, 0) is 29.5 Å². The summed E-state index contributed by atoms with van der Waals surface area (Å²) in [5, 5.41) is 77.1. The van der Waals surface area contributed by atoms with Gasteiger partial charge in [0, 0.05) is 53.6 Å². The molecule has 13 heteroatoms. The molecule has 3 aliphatic rings. The van der Waals surface area contributed by atoms with Gasteiger partial charge in [-0.1, -0.05) is 18.2 Å². The molecule has 0 unspecified atom stereocenters. The number of likely N-dealkylation sites (N-methyl/N-ethyl adjacent to an activating group) is 1. The van der Waals surface area contributed by atoms with E-state index in [4.69, 9.17) is 14.5 Å². The Kier molecular flexibility index (Phi) is 12.4. The second kappa shape index (κ2) is 18.3. The predicted molar refractivity (Wildman–Crippen MR) is 248 cm³/mol. The van der Waals surface area contributed by atoms with Gasteiger partial charge in [0.15, 0.2) is 23.0 Å². The van der Waals surface area contributed by atoms with Crippen molar-refractivity contribution < 1.29 is 44.9 Å². The van der Waals surface area contributed by atoms with Crippen molar-refractivity contribution in [2.24, 2.45) is 11.8 Å². The van der Waals surface area contributed by atoms with Crippen molar-refractivity contribution >= 4 is 28.1 Å². The summed E-state index contributed by atoms with van der Waals surface area (Å²) in [4.78, 5) is 24.2. The molecule has 2 bridgehead atoms. The van der Waals surface area contributed by atoms with E-state index in [9.17, 15) is 30.6 Å². The minimum absolute atomic E-state index is 0.0585. The average Bonchev–Trinajstić information content (AvgIpc) is 3.94. The zero-order valence-corrected chi connectivity index (χ0v) is 36.8. The number of nitrogens with zero attached hydrogens (tertiary/aromatic N) is 1. The number of aromatic hydroxyl groups is 4. The van der Waals surface area contributed by atoms with Gasteiger partial charge >= 0.3 is 0 Å². The Balaban J connectivity index is 1.25. The van der Waals surface area contributed by atoms with Crippen LogP contribution >= 0.6 is 0 Å². The predicted octanol–water partition coefficient (Wildman–Crippen LogP) is 7.77. The first-order chi connectivity index (χ1) is 31.5. The number of aryl methyl sites for hydroxylation is 1. The molecule has 340 valence electrons. The first-order valence-corrected chi connectivity index (χ1v) is 22.7. The van der Waals surface area contributed by atoms with Gasteiger partial charge < -0.3 is 55.7 Å². The number of benzene rings is 4. The van der Waals surface area contributed by atoms with Crippen molar-refractivity contribution in [1.29, 1.82) is 0 Å². The molecule has 6 aromatic rings. The second-order valence-electron chi connectivity index (χ2n) is 18.2. The topological polar surface area (TPSA) is 210 Å². The number of aliphatic hydroxyl groups is 2. The Morgan fingerprint density at radius 3 is 2.68 bits per heavy atom. The van der Waals surface area contributed by atoms with E-state index < -0.39 is 41.1 Å². The molecule has 2 aromatic heterocycles. The number of carbonyl (C=O) groups is 1. The number of phenols is 4. The molecule has 1 spiro atoms. The number of ether oxygens (including phenoxy) is 2. The van der Waals surface area contributed by atoms with Gasteiger partial charge in [-0.2, -0.15) is 0 Å². The van der Waals surface area contributed by atoms with E-state index >= 15 is 4.79 Å². The monoisotopic (exact) mass is 882 g/mol. The minimum Gasteiger partial charge on any atom is -0.508 e. The van der Waals surface area contributed by atoms with E-state index in [1.807, 2.05) is 61.8 Å². The van der Waals surface area contributed by atoms with E-state index in [0.717, 1.165) is 57.2 Å². The molecule has 9 rings (SSSR count). The lowest BCUT2D eigenvalue weighted by Gasteiger charge is -2.45. The smallest absolute Gasteiger partial charge is 0.200 e. The summed E-state index contributed by atoms with van der Waals surface area (Å²) in [7, 11) is 3.28. The first kappa shape index (κ1) is 43.9. The number of methoxy groups -OCH3 is 1. The van der Waals surface area contributed by atoms with E-state index in [-0.39, 0.29) is 47.5 Å². The highest BCUT2D eigenvalue weighted by molar-refractivity contribution is 5.93. The van der Waals surface area contributed by atoms with Gasteiger partial charge in [0.25, 0.3) is 0 Å². The summed E-state index contributed by atoms with van der Waals surface area (Å²) in [5.74, 6) is -2.10. The molecule has 9 N–H and O–H groups in total. The summed E-state index contributed by atoms with van der Waals surface area (Å²) >= 11 is 0. The normalized spacial score (nSPS) is 23.6. The van der Waals surface area contributed by atoms with Gasteiger partial charge in [-0.15, -0.1) is 0 Å². The number of ketones is 1. The molecule has 13 nitrogen and oxygen atoms in total. The molecule has 4 aromatic carbocycles. The van der Waals surface area contributed by atoms with Crippen molar-refractivity contribution in [2.75, 3.05) is 32.6 Å². The number of H-pyrrole nitrogens is 1. The minimum atomic E-state index is -1.19. The molecule has 1 fully saturated rings. The van der Waals surface area contributed by atoms with Crippen molar-refractivity contribution in [3.05, 3.63) is 125 Å². The van der Waals surface area contributed by atoms with Gasteiger partial charge in [-0.05, 0) is 164 Å². The van der Waals surface area contributed by atoms with Crippen LogP contribution in [0.15, 0.2) is 91.3 Å². The largest absolute Gasteiger partial charge is 0.508 e. The Labute approximate surface area is 378 Å². The van der Waals surface area contributed by atoms with Crippen LogP contribution < -0.4 is 20.1 Å². The SMILES string of the molecule is CNC[C@@H]1C[C@@H](c2cc(O)c(O)c(OC)c2)CC(=O)[C@@H]([C@H](O)CCc2ccc(O)c3c2CCCO3)[C@@]2(CC[C@@H](O)[C@@H]2Cc2ccc[nH]2)c2ccnc(c2)Nc2ccc3cc(O)ccc3c21. The van der Waals surface area contributed by atoms with Crippen LogP contribution in [0.1, 0.15) is 83.9 Å². The summed E-state index contributed by atoms with van der Waals surface area (Å²) in [6.07, 6.45) is 5.25. The number of Topliss-reactive ketones (excluding diaryl/α,β-unsaturated/α-hetero) is 1. The second-order valence-corrected chi connectivity index (χ2v) is 18.2. The molecular weight excluding hydrogens is 825 g/mol. The zero-order chi connectivity index (χ0) is 45.4. The number of phenolic OH excluding ortho intramolecular Hbond substituents is 4. The summed E-state index contributed by atoms with van der Waals surface area (Å²) in [6.45, 7) is 0.986. The molecule has 1 saturated carbocycles. The Hall–Kier alpha value is -6.28. The maximum Gasteiger partial charge on any atom is 0.200 e. The fourth-order valence-electron chi connectivity index (χ4n) is 11.6. The molecule has 2 aliphatic heterocycles. The molecule has 4 heterocycles. The van der Waals surface area contributed by atoms with Crippen molar-refractivity contribution in [3.8, 4) is 34.5 Å². The van der Waals surface area contributed by atoms with E-state index in [1.165, 1.54) is 13.2 Å². The summed E-state index contributed by atoms with van der Waals surface area (Å²) in [5.41, 5.74) is 4.72. The molecule has 65 heavy (non-hydrogen) atoms. The number of fused-ring (bicyclic) bond motifs is 7. The zero-order valence-electron chi connectivity index (χ0n) is 36.8. The van der Waals surface area contributed by atoms with Crippen LogP contribution in [0.5, 0.6) is 34.5 Å². The highest BCUT2D eigenvalue weighted by Crippen LogP contribution is 2.56. The molecule has 0 radical (unpaired) electrons. The summed E-state index contributed by atoms with van der Waals surface area (Å²) < 4.78 is 11.4. The third-order valence-corrected chi connectivity index (χ3v) is 14.5. The quantitative estimate of drug-likeness (QED) is 0.0605. The lowest BCUT2D eigenvalue weighted by molar-refractivity contribution is -0.132. The van der Waals surface area contributed by atoms with Crippen LogP contribution in [0.3, 0.4) is 0 Å². The van der Waals surface area contributed by atoms with Crippen LogP contribution in [-0.4, -0.2) is 85.9 Å². The van der Waals surface area contributed by atoms with Crippen molar-refractivity contribution in [3.63, 3.8) is 0 Å². The Morgan fingerprint density at radius 1 is 1.02 bits per heavy atom. The fourth-order valence-corrected chi connectivity index (χ4v) is 11.6. The van der Waals surface area contributed by atoms with Crippen LogP contribution in [0.2, 0.25) is 0 Å². The third-order valence-electron chi connectivity index (χ3n) is 14.5. The fraction of sp³-hybridized carbons (Fsp3) is 0.385. The lowest BCUT2D eigenvalue weighted by atomic mass is 9.58. The van der Waals surface area contributed by atoms with E-state index in [1.54, 1.807) is 30.5 Å². The number of rotatable bonds is 10. The number of aromatic nitrogens is 2. The number of hydrogen-bond donors (Lipinski definition) is 9. The lowest BCUT2D eigenvalue weighted by Crippen LogP contribution is -2.51. The average molecular weight is 883 g/mol. The van der Waals surface area contributed by atoms with E-state index in [0.29, 0.717) is 62.4 Å². The first-order valence-electron chi connectivity index (χ1n) is 22.7. The van der Waals surface area contributed by atoms with Gasteiger partial charge in [-0.3, -0.25) is 4.79 Å². The number of aromatic amines is 1.